The molecule has 2 aromatic rings. The summed E-state index contributed by atoms with van der Waals surface area (Å²) in [6.45, 7) is 4.77. The maximum Gasteiger partial charge on any atom is 0.318 e. The Morgan fingerprint density at radius 3 is 2.67 bits per heavy atom. The van der Waals surface area contributed by atoms with Crippen molar-refractivity contribution in [3.63, 3.8) is 0 Å². The van der Waals surface area contributed by atoms with Gasteiger partial charge in [0.25, 0.3) is 0 Å². The topological polar surface area (TPSA) is 63.6 Å². The number of amides is 2. The van der Waals surface area contributed by atoms with Crippen molar-refractivity contribution >= 4 is 12.0 Å². The molecule has 1 fully saturated rings. The number of carbonyl (C=O) groups is 2. The quantitative estimate of drug-likeness (QED) is 0.743. The summed E-state index contributed by atoms with van der Waals surface area (Å²) in [6.07, 6.45) is 7.08. The largest absolute Gasteiger partial charge is 0.466 e. The van der Waals surface area contributed by atoms with E-state index in [1.807, 2.05) is 30.0 Å². The van der Waals surface area contributed by atoms with Gasteiger partial charge < -0.3 is 19.5 Å². The zero-order valence-electron chi connectivity index (χ0n) is 17.9. The molecule has 6 nitrogen and oxygen atoms in total. The molecule has 0 spiro atoms. The highest BCUT2D eigenvalue weighted by Crippen LogP contribution is 2.35. The molecular weight excluding hydrogens is 378 g/mol. The smallest absolute Gasteiger partial charge is 0.318 e. The number of hydrogen-bond donors (Lipinski definition) is 1. The van der Waals surface area contributed by atoms with Gasteiger partial charge in [0, 0.05) is 11.9 Å². The van der Waals surface area contributed by atoms with Gasteiger partial charge in [0.05, 0.1) is 36.8 Å². The molecule has 0 unspecified atom stereocenters. The Balaban J connectivity index is 1.61. The second-order valence-corrected chi connectivity index (χ2v) is 8.49. The molecule has 1 atom stereocenters. The van der Waals surface area contributed by atoms with Crippen molar-refractivity contribution in [3.05, 3.63) is 53.9 Å². The summed E-state index contributed by atoms with van der Waals surface area (Å²) in [5.41, 5.74) is 2.78. The Labute approximate surface area is 178 Å². The monoisotopic (exact) mass is 409 g/mol. The molecule has 30 heavy (non-hydrogen) atoms. The Hall–Kier alpha value is -2.76. The van der Waals surface area contributed by atoms with Gasteiger partial charge in [-0.3, -0.25) is 4.79 Å². The Bertz CT molecular complexity index is 914. The minimum atomic E-state index is -0.519. The third kappa shape index (κ3) is 3.95. The lowest BCUT2D eigenvalue weighted by atomic mass is 9.79. The van der Waals surface area contributed by atoms with E-state index in [-0.39, 0.29) is 24.5 Å². The van der Waals surface area contributed by atoms with Crippen LogP contribution in [0.3, 0.4) is 0 Å². The van der Waals surface area contributed by atoms with Crippen molar-refractivity contribution in [3.8, 4) is 5.69 Å². The van der Waals surface area contributed by atoms with Crippen LogP contribution in [0.15, 0.2) is 42.6 Å². The molecule has 0 radical (unpaired) electrons. The molecule has 160 valence electrons. The Morgan fingerprint density at radius 2 is 1.90 bits per heavy atom. The van der Waals surface area contributed by atoms with Crippen LogP contribution in [0.2, 0.25) is 0 Å². The molecule has 0 saturated heterocycles. The minimum Gasteiger partial charge on any atom is -0.466 e. The molecule has 1 N–H and O–H groups in total. The van der Waals surface area contributed by atoms with E-state index in [0.29, 0.717) is 13.2 Å². The normalized spacial score (nSPS) is 19.9. The third-order valence-electron chi connectivity index (χ3n) is 6.50. The summed E-state index contributed by atoms with van der Waals surface area (Å²) >= 11 is 0. The number of benzene rings is 1. The van der Waals surface area contributed by atoms with Gasteiger partial charge in [0.1, 0.15) is 0 Å². The molecule has 1 aliphatic carbocycles. The predicted octanol–water partition coefficient (Wildman–Crippen LogP) is 4.72. The van der Waals surface area contributed by atoms with Crippen LogP contribution in [0.1, 0.15) is 69.7 Å². The number of hydrogen-bond acceptors (Lipinski definition) is 3. The first kappa shape index (κ1) is 20.5. The summed E-state index contributed by atoms with van der Waals surface area (Å²) in [4.78, 5) is 27.8. The molecule has 4 rings (SSSR count). The number of rotatable bonds is 4. The van der Waals surface area contributed by atoms with Crippen molar-refractivity contribution in [2.45, 2.75) is 70.5 Å². The lowest BCUT2D eigenvalue weighted by molar-refractivity contribution is -0.145. The van der Waals surface area contributed by atoms with Crippen LogP contribution in [0, 0.1) is 0 Å². The molecule has 1 aromatic heterocycles. The number of carbonyl (C=O) groups excluding carboxylic acids is 2. The van der Waals surface area contributed by atoms with Crippen LogP contribution in [0.25, 0.3) is 5.69 Å². The van der Waals surface area contributed by atoms with Crippen molar-refractivity contribution in [2.75, 3.05) is 6.61 Å². The molecule has 0 bridgehead atoms. The van der Waals surface area contributed by atoms with E-state index in [1.54, 1.807) is 0 Å². The number of fused-ring (bicyclic) bond motifs is 3. The zero-order valence-corrected chi connectivity index (χ0v) is 17.9. The SMILES string of the molecule is CCOC(=O)CC1(NC(=O)N2Cc3ccccc3-n3cccc3[C@H]2C)CCCCC1. The summed E-state index contributed by atoms with van der Waals surface area (Å²) in [5.74, 6) is -0.233. The predicted molar refractivity (Wildman–Crippen MR) is 115 cm³/mol. The number of ether oxygens (including phenoxy) is 1. The number of para-hydroxylation sites is 1. The van der Waals surface area contributed by atoms with Crippen LogP contribution in [0.4, 0.5) is 4.79 Å². The lowest BCUT2D eigenvalue weighted by Crippen LogP contribution is -2.55. The lowest BCUT2D eigenvalue weighted by Gasteiger charge is -2.40. The molecular formula is C24H31N3O3. The second-order valence-electron chi connectivity index (χ2n) is 8.49. The van der Waals surface area contributed by atoms with Crippen molar-refractivity contribution in [1.82, 2.24) is 14.8 Å². The van der Waals surface area contributed by atoms with Gasteiger partial charge in [-0.1, -0.05) is 37.5 Å². The van der Waals surface area contributed by atoms with Gasteiger partial charge >= 0.3 is 12.0 Å². The number of urea groups is 1. The fourth-order valence-electron chi connectivity index (χ4n) is 4.92. The van der Waals surface area contributed by atoms with Gasteiger partial charge in [0.15, 0.2) is 0 Å². The minimum absolute atomic E-state index is 0.0874. The molecule has 6 heteroatoms. The average Bonchev–Trinajstić information content (AvgIpc) is 3.18. The Kier molecular flexibility index (Phi) is 5.84. The second kappa shape index (κ2) is 8.54. The van der Waals surface area contributed by atoms with Crippen LogP contribution in [-0.4, -0.2) is 33.6 Å². The highest BCUT2D eigenvalue weighted by molar-refractivity contribution is 5.78. The summed E-state index contributed by atoms with van der Waals surface area (Å²) < 4.78 is 7.38. The molecule has 1 aliphatic heterocycles. The molecule has 2 aliphatic rings. The van der Waals surface area contributed by atoms with Crippen molar-refractivity contribution < 1.29 is 14.3 Å². The van der Waals surface area contributed by atoms with Crippen LogP contribution in [0.5, 0.6) is 0 Å². The molecule has 2 amide bonds. The highest BCUT2D eigenvalue weighted by Gasteiger charge is 2.39. The first-order chi connectivity index (χ1) is 14.5. The maximum absolute atomic E-state index is 13.6. The van der Waals surface area contributed by atoms with E-state index in [9.17, 15) is 9.59 Å². The van der Waals surface area contributed by atoms with Gasteiger partial charge in [-0.05, 0) is 50.5 Å². The van der Waals surface area contributed by atoms with E-state index >= 15 is 0 Å². The van der Waals surface area contributed by atoms with E-state index in [4.69, 9.17) is 4.74 Å². The van der Waals surface area contributed by atoms with Gasteiger partial charge in [-0.25, -0.2) is 4.79 Å². The van der Waals surface area contributed by atoms with E-state index in [2.05, 4.69) is 41.2 Å². The van der Waals surface area contributed by atoms with Gasteiger partial charge in [-0.2, -0.15) is 0 Å². The Morgan fingerprint density at radius 1 is 1.13 bits per heavy atom. The fourth-order valence-corrected chi connectivity index (χ4v) is 4.92. The standard InChI is InChI=1S/C24H31N3O3/c1-3-30-22(28)16-24(13-7-4-8-14-24)25-23(29)27-17-19-10-5-6-11-21(19)26-15-9-12-20(26)18(27)2/h5-6,9-12,15,18H,3-4,7-8,13-14,16-17H2,1-2H3,(H,25,29)/t18-/m1/s1. The molecule has 2 heterocycles. The molecule has 1 saturated carbocycles. The van der Waals surface area contributed by atoms with Gasteiger partial charge in [0.2, 0.25) is 0 Å². The fraction of sp³-hybridized carbons (Fsp3) is 0.500. The van der Waals surface area contributed by atoms with Crippen LogP contribution >= 0.6 is 0 Å². The zero-order chi connectivity index (χ0) is 21.1. The summed E-state index contributed by atoms with van der Waals surface area (Å²) in [5, 5.41) is 3.28. The first-order valence-corrected chi connectivity index (χ1v) is 11.0. The summed E-state index contributed by atoms with van der Waals surface area (Å²) in [6, 6.07) is 12.1. The van der Waals surface area contributed by atoms with Crippen molar-refractivity contribution in [1.29, 1.82) is 0 Å². The van der Waals surface area contributed by atoms with Crippen molar-refractivity contribution in [2.24, 2.45) is 0 Å². The van der Waals surface area contributed by atoms with E-state index in [1.165, 1.54) is 0 Å². The number of esters is 1. The van der Waals surface area contributed by atoms with Gasteiger partial charge in [-0.15, -0.1) is 0 Å². The van der Waals surface area contributed by atoms with E-state index in [0.717, 1.165) is 49.0 Å². The number of nitrogens with one attached hydrogen (secondary N) is 1. The first-order valence-electron chi connectivity index (χ1n) is 11.0. The number of nitrogens with zero attached hydrogens (tertiary/aromatic N) is 2. The van der Waals surface area contributed by atoms with Crippen LogP contribution < -0.4 is 5.32 Å². The summed E-state index contributed by atoms with van der Waals surface area (Å²) in [7, 11) is 0. The van der Waals surface area contributed by atoms with Crippen LogP contribution in [-0.2, 0) is 16.1 Å². The average molecular weight is 410 g/mol. The number of aromatic nitrogens is 1. The third-order valence-corrected chi connectivity index (χ3v) is 6.50. The molecule has 1 aromatic carbocycles. The highest BCUT2D eigenvalue weighted by atomic mass is 16.5. The maximum atomic E-state index is 13.6. The van der Waals surface area contributed by atoms with E-state index < -0.39 is 5.54 Å².